The number of benzene rings is 2. The van der Waals surface area contributed by atoms with Gasteiger partial charge in [0.15, 0.2) is 48.0 Å². The van der Waals surface area contributed by atoms with Crippen LogP contribution < -0.4 is 4.74 Å². The van der Waals surface area contributed by atoms with Gasteiger partial charge in [0, 0.05) is 6.08 Å². The molecule has 3 fully saturated rings. The lowest BCUT2D eigenvalue weighted by molar-refractivity contribution is -0.386. The number of hydrogen-bond acceptors (Lipinski definition) is 20. The van der Waals surface area contributed by atoms with Crippen molar-refractivity contribution in [2.75, 3.05) is 26.9 Å². The first-order valence-electron chi connectivity index (χ1n) is 17.6. The fourth-order valence-corrected chi connectivity index (χ4v) is 6.38. The maximum Gasteiger partial charge on any atom is 0.331 e. The van der Waals surface area contributed by atoms with Crippen molar-refractivity contribution < 1.29 is 98.9 Å². The Balaban J connectivity index is 1.41. The van der Waals surface area contributed by atoms with Crippen molar-refractivity contribution in [3.8, 4) is 23.0 Å². The Morgan fingerprint density at radius 1 is 0.696 bits per heavy atom. The van der Waals surface area contributed by atoms with Gasteiger partial charge in [-0.05, 0) is 54.8 Å². The number of phenols is 3. The van der Waals surface area contributed by atoms with E-state index in [2.05, 4.69) is 0 Å². The van der Waals surface area contributed by atoms with Gasteiger partial charge in [0.05, 0.1) is 33.0 Å². The van der Waals surface area contributed by atoms with Crippen LogP contribution in [-0.2, 0) is 44.4 Å². The molecule has 3 heterocycles. The monoisotopic (exact) mass is 800 g/mol. The topological polar surface area (TPSA) is 313 Å². The van der Waals surface area contributed by atoms with Crippen molar-refractivity contribution in [1.82, 2.24) is 0 Å². The number of ether oxygens (including phenoxy) is 8. The molecule has 0 unspecified atom stereocenters. The normalized spacial score (nSPS) is 36.4. The van der Waals surface area contributed by atoms with E-state index in [4.69, 9.17) is 37.9 Å². The number of rotatable bonds is 14. The summed E-state index contributed by atoms with van der Waals surface area (Å²) in [6, 6.07) is 8.35. The molecule has 0 radical (unpaired) electrons. The van der Waals surface area contributed by atoms with Crippen molar-refractivity contribution in [2.45, 2.75) is 105 Å². The second-order valence-electron chi connectivity index (χ2n) is 13.4. The molecule has 2 aromatic rings. The van der Waals surface area contributed by atoms with E-state index in [-0.39, 0.29) is 36.0 Å². The molecule has 0 aromatic heterocycles. The third kappa shape index (κ3) is 9.86. The number of hydrogen-bond donors (Lipinski definition) is 11. The number of carbonyl (C=O) groups is 1. The zero-order valence-electron chi connectivity index (χ0n) is 30.2. The van der Waals surface area contributed by atoms with E-state index in [1.165, 1.54) is 56.5 Å². The van der Waals surface area contributed by atoms with Gasteiger partial charge in [-0.15, -0.1) is 0 Å². The molecule has 3 aliphatic rings. The zero-order valence-corrected chi connectivity index (χ0v) is 30.2. The predicted octanol–water partition coefficient (Wildman–Crippen LogP) is -2.89. The molecule has 20 nitrogen and oxygen atoms in total. The van der Waals surface area contributed by atoms with Crippen LogP contribution in [0.3, 0.4) is 0 Å². The minimum absolute atomic E-state index is 0.126. The highest BCUT2D eigenvalue weighted by atomic mass is 16.8. The molecular formula is C36H48O20. The second kappa shape index (κ2) is 19.2. The van der Waals surface area contributed by atoms with E-state index >= 15 is 0 Å². The summed E-state index contributed by atoms with van der Waals surface area (Å²) >= 11 is 0. The average Bonchev–Trinajstić information content (AvgIpc) is 3.18. The Bertz CT molecular complexity index is 1620. The first-order valence-corrected chi connectivity index (χ1v) is 17.6. The molecule has 11 N–H and O–H groups in total. The molecule has 0 saturated carbocycles. The van der Waals surface area contributed by atoms with Gasteiger partial charge < -0.3 is 94.1 Å². The van der Waals surface area contributed by atoms with Crippen molar-refractivity contribution in [3.63, 3.8) is 0 Å². The number of carbonyl (C=O) groups excluding carboxylic acids is 1. The number of methoxy groups -OCH3 is 1. The Hall–Kier alpha value is -3.71. The lowest BCUT2D eigenvalue weighted by atomic mass is 9.96. The van der Waals surface area contributed by atoms with Crippen LogP contribution >= 0.6 is 0 Å². The van der Waals surface area contributed by atoms with Gasteiger partial charge in [0.2, 0.25) is 0 Å². The Morgan fingerprint density at radius 2 is 1.38 bits per heavy atom. The van der Waals surface area contributed by atoms with E-state index in [0.717, 1.165) is 6.08 Å². The van der Waals surface area contributed by atoms with Gasteiger partial charge in [-0.3, -0.25) is 0 Å². The molecule has 5 rings (SSSR count). The summed E-state index contributed by atoms with van der Waals surface area (Å²) in [6.45, 7) is -0.394. The standard InChI is InChI=1S/C36H48O20/c1-15-25(43)28(46)33(56-35-29(47)27(45)26(44)22(13-37)52-35)36(51-15)55-32-30(48)34(50-10-9-17-3-6-18(39)20(41)11-17)53-23(14-38)31(32)54-24(42)8-5-16-4-7-19(40)21(12-16)49-2/h3-8,11-12,15,22-23,25-41,43-48H,9-10,13-14H2,1-2H3/b8-5-/t15-,22+,23-,25-,26-,27-,28+,29+,30+,31+,32+,33+,34+,35-,36-/m0/s1. The molecule has 0 aliphatic carbocycles. The number of phenolic OH excluding ortho intramolecular Hbond substituents is 3. The van der Waals surface area contributed by atoms with Crippen LogP contribution in [0.1, 0.15) is 18.1 Å². The number of esters is 1. The smallest absolute Gasteiger partial charge is 0.331 e. The third-order valence-electron chi connectivity index (χ3n) is 9.59. The molecule has 0 amide bonds. The molecular weight excluding hydrogens is 752 g/mol. The molecule has 0 spiro atoms. The number of aliphatic hydroxyl groups excluding tert-OH is 8. The van der Waals surface area contributed by atoms with E-state index in [1.54, 1.807) is 0 Å². The fraction of sp³-hybridized carbons (Fsp3) is 0.583. The van der Waals surface area contributed by atoms with Crippen LogP contribution in [0.5, 0.6) is 23.0 Å². The van der Waals surface area contributed by atoms with Gasteiger partial charge >= 0.3 is 5.97 Å². The van der Waals surface area contributed by atoms with Crippen LogP contribution in [0.15, 0.2) is 42.5 Å². The molecule has 56 heavy (non-hydrogen) atoms. The Morgan fingerprint density at radius 3 is 2.05 bits per heavy atom. The zero-order chi connectivity index (χ0) is 40.8. The van der Waals surface area contributed by atoms with Gasteiger partial charge in [-0.25, -0.2) is 4.79 Å². The van der Waals surface area contributed by atoms with Gasteiger partial charge in [-0.1, -0.05) is 12.1 Å². The average molecular weight is 801 g/mol. The molecule has 312 valence electrons. The molecule has 20 heteroatoms. The van der Waals surface area contributed by atoms with Crippen LogP contribution in [0, 0.1) is 0 Å². The maximum absolute atomic E-state index is 13.2. The fourth-order valence-electron chi connectivity index (χ4n) is 6.38. The quantitative estimate of drug-likeness (QED) is 0.0519. The van der Waals surface area contributed by atoms with Crippen LogP contribution in [0.4, 0.5) is 0 Å². The van der Waals surface area contributed by atoms with Crippen molar-refractivity contribution in [3.05, 3.63) is 53.6 Å². The number of aromatic hydroxyl groups is 3. The summed E-state index contributed by atoms with van der Waals surface area (Å²) in [5.74, 6) is -1.74. The Labute approximate surface area is 319 Å². The highest BCUT2D eigenvalue weighted by Crippen LogP contribution is 2.35. The molecule has 2 aromatic carbocycles. The second-order valence-corrected chi connectivity index (χ2v) is 13.4. The lowest BCUT2D eigenvalue weighted by Crippen LogP contribution is -2.66. The van der Waals surface area contributed by atoms with Crippen molar-refractivity contribution in [1.29, 1.82) is 0 Å². The summed E-state index contributed by atoms with van der Waals surface area (Å²) in [4.78, 5) is 13.2. The highest BCUT2D eigenvalue weighted by Gasteiger charge is 2.54. The van der Waals surface area contributed by atoms with Gasteiger partial charge in [0.1, 0.15) is 61.0 Å². The first-order chi connectivity index (χ1) is 26.7. The minimum Gasteiger partial charge on any atom is -0.504 e. The summed E-state index contributed by atoms with van der Waals surface area (Å²) in [5, 5.41) is 114. The lowest BCUT2D eigenvalue weighted by Gasteiger charge is -2.48. The van der Waals surface area contributed by atoms with E-state index in [9.17, 15) is 61.0 Å². The predicted molar refractivity (Wildman–Crippen MR) is 185 cm³/mol. The van der Waals surface area contributed by atoms with E-state index in [1.807, 2.05) is 0 Å². The molecule has 3 aliphatic heterocycles. The largest absolute Gasteiger partial charge is 0.504 e. The van der Waals surface area contributed by atoms with E-state index in [0.29, 0.717) is 11.1 Å². The maximum atomic E-state index is 13.2. The summed E-state index contributed by atoms with van der Waals surface area (Å²) in [5.41, 5.74) is 0.955. The first kappa shape index (κ1) is 43.4. The minimum atomic E-state index is -1.94. The summed E-state index contributed by atoms with van der Waals surface area (Å²) in [6.07, 6.45) is -22.7. The van der Waals surface area contributed by atoms with Gasteiger partial charge in [0.25, 0.3) is 0 Å². The summed E-state index contributed by atoms with van der Waals surface area (Å²) in [7, 11) is 1.34. The van der Waals surface area contributed by atoms with Crippen LogP contribution in [0.25, 0.3) is 6.08 Å². The third-order valence-corrected chi connectivity index (χ3v) is 9.59. The molecule has 3 saturated heterocycles. The van der Waals surface area contributed by atoms with E-state index < -0.39 is 111 Å². The molecule has 0 bridgehead atoms. The van der Waals surface area contributed by atoms with Crippen molar-refractivity contribution >= 4 is 12.0 Å². The summed E-state index contributed by atoms with van der Waals surface area (Å²) < 4.78 is 45.5. The number of aliphatic hydroxyl groups is 8. The van der Waals surface area contributed by atoms with Crippen LogP contribution in [-0.4, -0.2) is 181 Å². The van der Waals surface area contributed by atoms with Gasteiger partial charge in [-0.2, -0.15) is 0 Å². The van der Waals surface area contributed by atoms with Crippen molar-refractivity contribution in [2.24, 2.45) is 0 Å². The SMILES string of the molecule is COc1cc(/C=C\C(=O)O[C@H]2[C@H](O[C@@H]3O[C@@H](C)[C@H](O)[C@@H](O)[C@H]3O[C@@H]3O[C@H](CO)[C@H](O)[C@H](O)[C@H]3O)[C@@H](O)[C@H](OCCc3ccc(O)c(O)c3)O[C@H]2CO)ccc1O. The highest BCUT2D eigenvalue weighted by molar-refractivity contribution is 5.87. The Kier molecular flexibility index (Phi) is 14.9. The van der Waals surface area contributed by atoms with Crippen LogP contribution in [0.2, 0.25) is 0 Å². The molecule has 15 atom stereocenters.